The summed E-state index contributed by atoms with van der Waals surface area (Å²) in [6.07, 6.45) is 3.11. The van der Waals surface area contributed by atoms with Crippen LogP contribution in [-0.2, 0) is 7.05 Å². The Bertz CT molecular complexity index is 318. The number of nitrogens with one attached hydrogen (secondary N) is 1. The van der Waals surface area contributed by atoms with Crippen molar-refractivity contribution in [3.8, 4) is 0 Å². The van der Waals surface area contributed by atoms with Crippen molar-refractivity contribution in [1.29, 1.82) is 0 Å². The summed E-state index contributed by atoms with van der Waals surface area (Å²) in [5, 5.41) is 7.74. The topological polar surface area (TPSA) is 29.9 Å². The van der Waals surface area contributed by atoms with E-state index in [4.69, 9.17) is 0 Å². The zero-order chi connectivity index (χ0) is 10.2. The van der Waals surface area contributed by atoms with Gasteiger partial charge in [-0.2, -0.15) is 5.10 Å². The van der Waals surface area contributed by atoms with Gasteiger partial charge < -0.3 is 5.32 Å². The largest absolute Gasteiger partial charge is 0.315 e. The summed E-state index contributed by atoms with van der Waals surface area (Å²) < 4.78 is 2.01. The van der Waals surface area contributed by atoms with Crippen LogP contribution >= 0.6 is 0 Å². The molecule has 1 saturated heterocycles. The van der Waals surface area contributed by atoms with E-state index >= 15 is 0 Å². The third kappa shape index (κ3) is 1.36. The van der Waals surface area contributed by atoms with E-state index in [2.05, 4.69) is 30.3 Å². The molecule has 1 aromatic heterocycles. The molecule has 2 heterocycles. The molecule has 0 bridgehead atoms. The van der Waals surface area contributed by atoms with E-state index < -0.39 is 0 Å². The van der Waals surface area contributed by atoms with Gasteiger partial charge in [-0.3, -0.25) is 4.68 Å². The van der Waals surface area contributed by atoms with E-state index in [0.29, 0.717) is 11.3 Å². The molecule has 0 amide bonds. The molecular weight excluding hydrogens is 174 g/mol. The van der Waals surface area contributed by atoms with Crippen molar-refractivity contribution in [3.05, 3.63) is 18.0 Å². The lowest BCUT2D eigenvalue weighted by Gasteiger charge is -2.29. The van der Waals surface area contributed by atoms with Crippen molar-refractivity contribution < 1.29 is 0 Å². The third-order valence-corrected chi connectivity index (χ3v) is 3.74. The smallest absolute Gasteiger partial charge is 0.0492 e. The molecule has 3 nitrogen and oxygen atoms in total. The van der Waals surface area contributed by atoms with Crippen LogP contribution in [0.25, 0.3) is 0 Å². The van der Waals surface area contributed by atoms with E-state index in [1.54, 1.807) is 0 Å². The van der Waals surface area contributed by atoms with Crippen molar-refractivity contribution >= 4 is 0 Å². The Labute approximate surface area is 85.5 Å². The summed E-state index contributed by atoms with van der Waals surface area (Å²) in [6.45, 7) is 6.85. The van der Waals surface area contributed by atoms with Crippen LogP contribution in [0.3, 0.4) is 0 Å². The molecule has 14 heavy (non-hydrogen) atoms. The van der Waals surface area contributed by atoms with Crippen molar-refractivity contribution in [2.24, 2.45) is 12.5 Å². The van der Waals surface area contributed by atoms with E-state index in [-0.39, 0.29) is 0 Å². The Hall–Kier alpha value is -0.830. The van der Waals surface area contributed by atoms with Crippen LogP contribution < -0.4 is 5.32 Å². The SMILES string of the molecule is CC[C@]1(C)CNC[C@H]1c1ccnn1C. The molecule has 0 unspecified atom stereocenters. The third-order valence-electron chi connectivity index (χ3n) is 3.74. The van der Waals surface area contributed by atoms with Gasteiger partial charge in [-0.1, -0.05) is 13.8 Å². The van der Waals surface area contributed by atoms with Gasteiger partial charge >= 0.3 is 0 Å². The Kier molecular flexibility index (Phi) is 2.35. The van der Waals surface area contributed by atoms with Crippen LogP contribution in [-0.4, -0.2) is 22.9 Å². The fraction of sp³-hybridized carbons (Fsp3) is 0.727. The van der Waals surface area contributed by atoms with Gasteiger partial charge in [-0.15, -0.1) is 0 Å². The van der Waals surface area contributed by atoms with E-state index in [9.17, 15) is 0 Å². The molecule has 1 aliphatic heterocycles. The standard InChI is InChI=1S/C11H19N3/c1-4-11(2)8-12-7-9(11)10-5-6-13-14(10)3/h5-6,9,12H,4,7-8H2,1-3H3/t9-,11+/m0/s1. The minimum atomic E-state index is 0.397. The van der Waals surface area contributed by atoms with Gasteiger partial charge in [0.05, 0.1) is 0 Å². The highest BCUT2D eigenvalue weighted by Gasteiger charge is 2.39. The molecule has 0 aromatic carbocycles. The maximum absolute atomic E-state index is 4.25. The molecule has 2 atom stereocenters. The second-order valence-corrected chi connectivity index (χ2v) is 4.57. The summed E-state index contributed by atoms with van der Waals surface area (Å²) in [5.41, 5.74) is 1.76. The van der Waals surface area contributed by atoms with Gasteiger partial charge in [0.15, 0.2) is 0 Å². The Morgan fingerprint density at radius 2 is 2.50 bits per heavy atom. The summed E-state index contributed by atoms with van der Waals surface area (Å²) >= 11 is 0. The van der Waals surface area contributed by atoms with Gasteiger partial charge in [0, 0.05) is 37.9 Å². The van der Waals surface area contributed by atoms with Crippen LogP contribution in [0.5, 0.6) is 0 Å². The Morgan fingerprint density at radius 3 is 3.07 bits per heavy atom. The molecule has 1 fully saturated rings. The average molecular weight is 193 g/mol. The molecular formula is C11H19N3. The van der Waals surface area contributed by atoms with E-state index in [1.165, 1.54) is 12.1 Å². The van der Waals surface area contributed by atoms with Crippen LogP contribution in [0.2, 0.25) is 0 Å². The van der Waals surface area contributed by atoms with Gasteiger partial charge in [0.2, 0.25) is 0 Å². The first-order chi connectivity index (χ1) is 6.67. The first kappa shape index (κ1) is 9.71. The number of rotatable bonds is 2. The Balaban J connectivity index is 2.31. The zero-order valence-electron chi connectivity index (χ0n) is 9.25. The highest BCUT2D eigenvalue weighted by molar-refractivity contribution is 5.15. The number of aromatic nitrogens is 2. The maximum Gasteiger partial charge on any atom is 0.0492 e. The molecule has 0 radical (unpaired) electrons. The maximum atomic E-state index is 4.25. The minimum Gasteiger partial charge on any atom is -0.315 e. The number of nitrogens with zero attached hydrogens (tertiary/aromatic N) is 2. The quantitative estimate of drug-likeness (QED) is 0.772. The first-order valence-corrected chi connectivity index (χ1v) is 5.36. The summed E-state index contributed by atoms with van der Waals surface area (Å²) in [6, 6.07) is 2.14. The molecule has 0 saturated carbocycles. The first-order valence-electron chi connectivity index (χ1n) is 5.36. The normalized spacial score (nSPS) is 32.4. The lowest BCUT2D eigenvalue weighted by atomic mass is 9.76. The van der Waals surface area contributed by atoms with Crippen molar-refractivity contribution in [3.63, 3.8) is 0 Å². The van der Waals surface area contributed by atoms with Gasteiger partial charge in [0.25, 0.3) is 0 Å². The second kappa shape index (κ2) is 3.39. The Morgan fingerprint density at radius 1 is 1.71 bits per heavy atom. The molecule has 3 heteroatoms. The molecule has 2 rings (SSSR count). The number of hydrogen-bond donors (Lipinski definition) is 1. The monoisotopic (exact) mass is 193 g/mol. The number of hydrogen-bond acceptors (Lipinski definition) is 2. The summed E-state index contributed by atoms with van der Waals surface area (Å²) in [4.78, 5) is 0. The van der Waals surface area contributed by atoms with Crippen LogP contribution in [0.15, 0.2) is 12.3 Å². The second-order valence-electron chi connectivity index (χ2n) is 4.57. The summed E-state index contributed by atoms with van der Waals surface area (Å²) in [5.74, 6) is 0.611. The molecule has 0 aliphatic carbocycles. The van der Waals surface area contributed by atoms with E-state index in [1.807, 2.05) is 17.9 Å². The van der Waals surface area contributed by atoms with Gasteiger partial charge in [-0.05, 0) is 17.9 Å². The highest BCUT2D eigenvalue weighted by Crippen LogP contribution is 2.40. The fourth-order valence-electron chi connectivity index (χ4n) is 2.43. The molecule has 0 spiro atoms. The van der Waals surface area contributed by atoms with Crippen LogP contribution in [0.4, 0.5) is 0 Å². The van der Waals surface area contributed by atoms with Crippen molar-refractivity contribution in [2.45, 2.75) is 26.2 Å². The van der Waals surface area contributed by atoms with Crippen molar-refractivity contribution in [1.82, 2.24) is 15.1 Å². The van der Waals surface area contributed by atoms with Crippen LogP contribution in [0, 0.1) is 5.41 Å². The number of aryl methyl sites for hydroxylation is 1. The molecule has 1 aliphatic rings. The molecule has 78 valence electrons. The lowest BCUT2D eigenvalue weighted by molar-refractivity contribution is 0.299. The average Bonchev–Trinajstić information content (AvgIpc) is 2.73. The molecule has 1 aromatic rings. The van der Waals surface area contributed by atoms with Gasteiger partial charge in [0.1, 0.15) is 0 Å². The lowest BCUT2D eigenvalue weighted by Crippen LogP contribution is -2.25. The predicted molar refractivity (Wildman–Crippen MR) is 57.2 cm³/mol. The predicted octanol–water partition coefficient (Wildman–Crippen LogP) is 1.52. The van der Waals surface area contributed by atoms with Crippen LogP contribution in [0.1, 0.15) is 31.9 Å². The minimum absolute atomic E-state index is 0.397. The van der Waals surface area contributed by atoms with Crippen molar-refractivity contribution in [2.75, 3.05) is 13.1 Å². The summed E-state index contributed by atoms with van der Waals surface area (Å²) in [7, 11) is 2.03. The van der Waals surface area contributed by atoms with Gasteiger partial charge in [-0.25, -0.2) is 0 Å². The molecule has 1 N–H and O–H groups in total. The van der Waals surface area contributed by atoms with E-state index in [0.717, 1.165) is 13.1 Å². The highest BCUT2D eigenvalue weighted by atomic mass is 15.3. The zero-order valence-corrected chi connectivity index (χ0v) is 9.25. The fourth-order valence-corrected chi connectivity index (χ4v) is 2.43.